The molecule has 36 heavy (non-hydrogen) atoms. The first kappa shape index (κ1) is 30.7. The van der Waals surface area contributed by atoms with Gasteiger partial charge in [0.2, 0.25) is 11.8 Å². The predicted octanol–water partition coefficient (Wildman–Crippen LogP) is -1.72. The molecule has 0 aromatic carbocycles. The van der Waals surface area contributed by atoms with Gasteiger partial charge in [0.1, 0.15) is 18.4 Å². The average Bonchev–Trinajstić information content (AvgIpc) is 3.11. The highest BCUT2D eigenvalue weighted by molar-refractivity contribution is 6.15. The maximum Gasteiger partial charge on any atom is 0.254 e. The fraction of sp³-hybridized carbons (Fsp3) is 0.609. The van der Waals surface area contributed by atoms with Crippen LogP contribution in [0, 0.1) is 5.92 Å². The van der Waals surface area contributed by atoms with E-state index >= 15 is 0 Å². The third-order valence-corrected chi connectivity index (χ3v) is 5.38. The van der Waals surface area contributed by atoms with E-state index in [1.54, 1.807) is 13.8 Å². The summed E-state index contributed by atoms with van der Waals surface area (Å²) in [6.07, 6.45) is 4.16. The maximum atomic E-state index is 13.2. The van der Waals surface area contributed by atoms with Crippen LogP contribution in [-0.4, -0.2) is 88.9 Å². The molecule has 0 aliphatic carbocycles. The van der Waals surface area contributed by atoms with Gasteiger partial charge in [0.15, 0.2) is 0 Å². The fourth-order valence-electron chi connectivity index (χ4n) is 3.38. The zero-order chi connectivity index (χ0) is 27.5. The smallest absolute Gasteiger partial charge is 0.254 e. The number of aldehydes is 1. The van der Waals surface area contributed by atoms with Gasteiger partial charge in [0.25, 0.3) is 11.8 Å². The SMILES string of the molecule is CC(C)C(NC(=O)C(C/C(N)=C/N(N)CCOC(C)(C)CCO)N1C(=O)C=CC1=O)C(=O)NCC=O. The van der Waals surface area contributed by atoms with Crippen molar-refractivity contribution in [2.45, 2.75) is 58.2 Å². The Morgan fingerprint density at radius 3 is 2.36 bits per heavy atom. The van der Waals surface area contributed by atoms with E-state index in [0.717, 1.165) is 17.1 Å². The van der Waals surface area contributed by atoms with Crippen molar-refractivity contribution >= 4 is 29.9 Å². The molecule has 202 valence electrons. The molecule has 2 unspecified atom stereocenters. The molecule has 2 atom stereocenters. The summed E-state index contributed by atoms with van der Waals surface area (Å²) in [6.45, 7) is 7.28. The molecular formula is C23H38N6O7. The molecule has 13 heteroatoms. The minimum absolute atomic E-state index is 0.0190. The monoisotopic (exact) mass is 510 g/mol. The zero-order valence-electron chi connectivity index (χ0n) is 21.2. The topological polar surface area (TPSA) is 197 Å². The number of carbonyl (C=O) groups is 5. The maximum absolute atomic E-state index is 13.2. The van der Waals surface area contributed by atoms with Gasteiger partial charge >= 0.3 is 0 Å². The van der Waals surface area contributed by atoms with E-state index in [1.165, 1.54) is 11.2 Å². The Labute approximate surface area is 210 Å². The molecule has 1 aliphatic rings. The molecule has 0 aromatic heterocycles. The van der Waals surface area contributed by atoms with Gasteiger partial charge in [-0.25, -0.2) is 5.84 Å². The van der Waals surface area contributed by atoms with Crippen LogP contribution in [0.15, 0.2) is 24.0 Å². The Kier molecular flexibility index (Phi) is 12.2. The number of hydrogen-bond donors (Lipinski definition) is 5. The number of amides is 4. The Balaban J connectivity index is 2.98. The van der Waals surface area contributed by atoms with Crippen molar-refractivity contribution in [2.24, 2.45) is 17.5 Å². The molecule has 0 aromatic rings. The number of nitrogens with one attached hydrogen (secondary N) is 2. The summed E-state index contributed by atoms with van der Waals surface area (Å²) in [6, 6.07) is -2.36. The van der Waals surface area contributed by atoms with Crippen molar-refractivity contribution in [1.29, 1.82) is 0 Å². The van der Waals surface area contributed by atoms with Gasteiger partial charge in [-0.1, -0.05) is 13.8 Å². The standard InChI is InChI=1S/C23H38N6O7/c1-15(2)20(22(35)26-8-11-31)27-21(34)17(29-18(32)5-6-19(29)33)13-16(24)14-28(25)9-12-36-23(3,4)7-10-30/h5-6,11,14-15,17,20,30H,7-10,12-13,24-25H2,1-4H3,(H,26,35)(H,27,34)/b16-14-. The van der Waals surface area contributed by atoms with E-state index in [-0.39, 0.29) is 44.3 Å². The van der Waals surface area contributed by atoms with E-state index in [9.17, 15) is 24.0 Å². The molecule has 0 spiro atoms. The number of hydrazine groups is 1. The van der Waals surface area contributed by atoms with Gasteiger partial charge in [0, 0.05) is 37.1 Å². The fourth-order valence-corrected chi connectivity index (χ4v) is 3.38. The van der Waals surface area contributed by atoms with Gasteiger partial charge < -0.3 is 36.0 Å². The number of ether oxygens (including phenoxy) is 1. The molecule has 0 bridgehead atoms. The molecular weight excluding hydrogens is 472 g/mol. The number of aliphatic hydroxyl groups excluding tert-OH is 1. The number of nitrogens with zero attached hydrogens (tertiary/aromatic N) is 2. The van der Waals surface area contributed by atoms with E-state index in [1.807, 2.05) is 13.8 Å². The number of rotatable bonds is 16. The van der Waals surface area contributed by atoms with Crippen LogP contribution in [0.3, 0.4) is 0 Å². The summed E-state index contributed by atoms with van der Waals surface area (Å²) in [5.41, 5.74) is 5.65. The number of imide groups is 1. The van der Waals surface area contributed by atoms with Crippen molar-refractivity contribution in [2.75, 3.05) is 26.3 Å². The molecule has 0 radical (unpaired) electrons. The van der Waals surface area contributed by atoms with Gasteiger partial charge in [-0.05, 0) is 26.2 Å². The van der Waals surface area contributed by atoms with Crippen molar-refractivity contribution in [1.82, 2.24) is 20.5 Å². The molecule has 0 saturated heterocycles. The largest absolute Gasteiger partial charge is 0.401 e. The minimum Gasteiger partial charge on any atom is -0.401 e. The highest BCUT2D eigenvalue weighted by Crippen LogP contribution is 2.17. The van der Waals surface area contributed by atoms with Gasteiger partial charge in [-0.15, -0.1) is 0 Å². The zero-order valence-corrected chi connectivity index (χ0v) is 21.2. The highest BCUT2D eigenvalue weighted by Gasteiger charge is 2.38. The van der Waals surface area contributed by atoms with E-state index in [4.69, 9.17) is 21.4 Å². The average molecular weight is 511 g/mol. The summed E-state index contributed by atoms with van der Waals surface area (Å²) in [5, 5.41) is 15.3. The lowest BCUT2D eigenvalue weighted by Crippen LogP contribution is -2.57. The van der Waals surface area contributed by atoms with Crippen LogP contribution in [-0.2, 0) is 28.7 Å². The van der Waals surface area contributed by atoms with Crippen LogP contribution in [0.2, 0.25) is 0 Å². The molecule has 0 saturated carbocycles. The first-order chi connectivity index (χ1) is 16.8. The quantitative estimate of drug-likeness (QED) is 0.0689. The van der Waals surface area contributed by atoms with Gasteiger partial charge in [0.05, 0.1) is 25.3 Å². The molecule has 0 fully saturated rings. The second-order valence-corrected chi connectivity index (χ2v) is 9.27. The van der Waals surface area contributed by atoms with Crippen molar-refractivity contribution in [3.05, 3.63) is 24.0 Å². The molecule has 7 N–H and O–H groups in total. The molecule has 13 nitrogen and oxygen atoms in total. The first-order valence-electron chi connectivity index (χ1n) is 11.6. The lowest BCUT2D eigenvalue weighted by atomic mass is 10.0. The van der Waals surface area contributed by atoms with Crippen LogP contribution >= 0.6 is 0 Å². The number of nitrogens with two attached hydrogens (primary N) is 2. The van der Waals surface area contributed by atoms with Crippen LogP contribution in [0.4, 0.5) is 0 Å². The van der Waals surface area contributed by atoms with Gasteiger partial charge in [-0.3, -0.25) is 24.1 Å². The third kappa shape index (κ3) is 9.76. The summed E-state index contributed by atoms with van der Waals surface area (Å²) in [4.78, 5) is 61.5. The number of carbonyl (C=O) groups excluding carboxylic acids is 5. The van der Waals surface area contributed by atoms with E-state index in [2.05, 4.69) is 10.6 Å². The lowest BCUT2D eigenvalue weighted by Gasteiger charge is -2.29. The molecule has 1 heterocycles. The lowest BCUT2D eigenvalue weighted by molar-refractivity contribution is -0.146. The van der Waals surface area contributed by atoms with Crippen LogP contribution in [0.1, 0.15) is 40.5 Å². The Morgan fingerprint density at radius 1 is 1.22 bits per heavy atom. The summed E-state index contributed by atoms with van der Waals surface area (Å²) < 4.78 is 5.69. The van der Waals surface area contributed by atoms with Crippen LogP contribution in [0.25, 0.3) is 0 Å². The Hall–Kier alpha value is -3.29. The Bertz CT molecular complexity index is 853. The summed E-state index contributed by atoms with van der Waals surface area (Å²) in [5.74, 6) is 2.86. The van der Waals surface area contributed by atoms with Crippen LogP contribution < -0.4 is 22.2 Å². The summed E-state index contributed by atoms with van der Waals surface area (Å²) in [7, 11) is 0. The predicted molar refractivity (Wildman–Crippen MR) is 130 cm³/mol. The second-order valence-electron chi connectivity index (χ2n) is 9.27. The van der Waals surface area contributed by atoms with Crippen molar-refractivity contribution in [3.63, 3.8) is 0 Å². The molecule has 1 aliphatic heterocycles. The second kappa shape index (κ2) is 14.3. The first-order valence-corrected chi connectivity index (χ1v) is 11.6. The summed E-state index contributed by atoms with van der Waals surface area (Å²) >= 11 is 0. The molecule has 4 amide bonds. The molecule has 1 rings (SSSR count). The number of hydrogen-bond acceptors (Lipinski definition) is 10. The number of aliphatic hydroxyl groups is 1. The highest BCUT2D eigenvalue weighted by atomic mass is 16.5. The minimum atomic E-state index is -1.34. The van der Waals surface area contributed by atoms with E-state index in [0.29, 0.717) is 12.7 Å². The Morgan fingerprint density at radius 2 is 1.83 bits per heavy atom. The van der Waals surface area contributed by atoms with E-state index < -0.39 is 41.3 Å². The van der Waals surface area contributed by atoms with Crippen LogP contribution in [0.5, 0.6) is 0 Å². The van der Waals surface area contributed by atoms with Gasteiger partial charge in [-0.2, -0.15) is 0 Å². The van der Waals surface area contributed by atoms with Crippen molar-refractivity contribution in [3.8, 4) is 0 Å². The normalized spacial score (nSPS) is 15.8. The van der Waals surface area contributed by atoms with Crippen molar-refractivity contribution < 1.29 is 33.8 Å². The third-order valence-electron chi connectivity index (χ3n) is 5.38.